The van der Waals surface area contributed by atoms with Crippen LogP contribution in [-0.2, 0) is 0 Å². The first-order valence-corrected chi connectivity index (χ1v) is 7.94. The number of carbonyl (C=O) groups is 3. The van der Waals surface area contributed by atoms with Gasteiger partial charge in [0.05, 0.1) is 5.56 Å². The molecule has 0 bridgehead atoms. The minimum Gasteiger partial charge on any atom is -0.289 e. The zero-order valence-electron chi connectivity index (χ0n) is 13.5. The minimum absolute atomic E-state index is 0.107. The number of carbonyl (C=O) groups excluding carboxylic acids is 3. The summed E-state index contributed by atoms with van der Waals surface area (Å²) in [5.41, 5.74) is 8.08. The number of ketones is 1. The molecule has 4 rings (SSSR count). The molecule has 0 saturated carbocycles. The van der Waals surface area contributed by atoms with E-state index >= 15 is 0 Å². The summed E-state index contributed by atoms with van der Waals surface area (Å²) in [5, 5.41) is 0. The van der Waals surface area contributed by atoms with E-state index in [0.717, 1.165) is 11.1 Å². The molecule has 3 aromatic rings. The third-order valence-corrected chi connectivity index (χ3v) is 4.20. The lowest BCUT2D eigenvalue weighted by atomic mass is 10.0. The van der Waals surface area contributed by atoms with Crippen LogP contribution in [-0.4, -0.2) is 22.6 Å². The van der Waals surface area contributed by atoms with Crippen molar-refractivity contribution >= 4 is 17.6 Å². The van der Waals surface area contributed by atoms with E-state index < -0.39 is 11.8 Å². The summed E-state index contributed by atoms with van der Waals surface area (Å²) in [4.78, 5) is 40.6. The Hall–Kier alpha value is -3.80. The van der Waals surface area contributed by atoms with Crippen molar-refractivity contribution in [1.82, 2.24) is 15.8 Å². The number of nitrogens with zero attached hydrogens (tertiary/aromatic N) is 1. The molecule has 6 heteroatoms. The van der Waals surface area contributed by atoms with Gasteiger partial charge in [0.15, 0.2) is 5.78 Å². The first-order valence-electron chi connectivity index (χ1n) is 7.94. The normalized spacial score (nSPS) is 11.5. The number of pyridine rings is 1. The van der Waals surface area contributed by atoms with Crippen LogP contribution in [0.2, 0.25) is 0 Å². The Morgan fingerprint density at radius 1 is 0.731 bits per heavy atom. The first-order chi connectivity index (χ1) is 12.6. The lowest BCUT2D eigenvalue weighted by Gasteiger charge is -2.08. The van der Waals surface area contributed by atoms with E-state index in [1.54, 1.807) is 42.6 Å². The van der Waals surface area contributed by atoms with Gasteiger partial charge in [-0.25, -0.2) is 0 Å². The molecular weight excluding hydrogens is 330 g/mol. The Balaban J connectivity index is 1.52. The number of fused-ring (bicyclic) bond motifs is 3. The van der Waals surface area contributed by atoms with Crippen molar-refractivity contribution in [2.45, 2.75) is 0 Å². The standard InChI is InChI=1S/C20H13N3O3/c24-18-16-6-2-1-5-14(16)15-8-7-12(10-17(15)18)19(25)22-23-20(26)13-4-3-9-21-11-13/h1-11H,(H,22,25)(H,23,26). The highest BCUT2D eigenvalue weighted by Gasteiger charge is 2.27. The summed E-state index contributed by atoms with van der Waals surface area (Å²) in [6.45, 7) is 0. The highest BCUT2D eigenvalue weighted by molar-refractivity contribution is 6.22. The van der Waals surface area contributed by atoms with Gasteiger partial charge in [-0.3, -0.25) is 30.2 Å². The van der Waals surface area contributed by atoms with E-state index in [4.69, 9.17) is 0 Å². The number of nitrogens with one attached hydrogen (secondary N) is 2. The summed E-state index contributed by atoms with van der Waals surface area (Å²) >= 11 is 0. The smallest absolute Gasteiger partial charge is 0.271 e. The van der Waals surface area contributed by atoms with Gasteiger partial charge in [0.1, 0.15) is 0 Å². The van der Waals surface area contributed by atoms with Crippen LogP contribution in [0.5, 0.6) is 0 Å². The van der Waals surface area contributed by atoms with E-state index in [2.05, 4.69) is 15.8 Å². The highest BCUT2D eigenvalue weighted by Crippen LogP contribution is 2.36. The zero-order valence-corrected chi connectivity index (χ0v) is 13.5. The Kier molecular flexibility index (Phi) is 3.78. The van der Waals surface area contributed by atoms with Gasteiger partial charge in [-0.1, -0.05) is 30.3 Å². The summed E-state index contributed by atoms with van der Waals surface area (Å²) in [6.07, 6.45) is 2.95. The average Bonchev–Trinajstić information content (AvgIpc) is 2.99. The van der Waals surface area contributed by atoms with Gasteiger partial charge in [-0.15, -0.1) is 0 Å². The Morgan fingerprint density at radius 2 is 1.42 bits per heavy atom. The summed E-state index contributed by atoms with van der Waals surface area (Å²) in [6, 6.07) is 15.5. The molecule has 0 unspecified atom stereocenters. The van der Waals surface area contributed by atoms with Crippen LogP contribution in [0.3, 0.4) is 0 Å². The number of hydrogen-bond acceptors (Lipinski definition) is 4. The van der Waals surface area contributed by atoms with Crippen molar-refractivity contribution < 1.29 is 14.4 Å². The Morgan fingerprint density at radius 3 is 2.15 bits per heavy atom. The van der Waals surface area contributed by atoms with Crippen molar-refractivity contribution in [3.8, 4) is 11.1 Å². The maximum absolute atomic E-state index is 12.5. The van der Waals surface area contributed by atoms with E-state index in [0.29, 0.717) is 16.7 Å². The summed E-state index contributed by atoms with van der Waals surface area (Å²) in [5.74, 6) is -1.09. The molecule has 6 nitrogen and oxygen atoms in total. The minimum atomic E-state index is -0.506. The second-order valence-electron chi connectivity index (χ2n) is 5.79. The third-order valence-electron chi connectivity index (χ3n) is 4.20. The lowest BCUT2D eigenvalue weighted by Crippen LogP contribution is -2.41. The highest BCUT2D eigenvalue weighted by atomic mass is 16.2. The van der Waals surface area contributed by atoms with Gasteiger partial charge in [0.25, 0.3) is 11.8 Å². The van der Waals surface area contributed by atoms with Gasteiger partial charge in [-0.05, 0) is 35.4 Å². The van der Waals surface area contributed by atoms with Crippen LogP contribution in [0.25, 0.3) is 11.1 Å². The zero-order chi connectivity index (χ0) is 18.1. The lowest BCUT2D eigenvalue weighted by molar-refractivity contribution is 0.0846. The molecule has 0 radical (unpaired) electrons. The van der Waals surface area contributed by atoms with Crippen LogP contribution in [0.1, 0.15) is 36.6 Å². The monoisotopic (exact) mass is 343 g/mol. The average molecular weight is 343 g/mol. The quantitative estimate of drug-likeness (QED) is 0.547. The molecule has 2 amide bonds. The predicted molar refractivity (Wildman–Crippen MR) is 94.5 cm³/mol. The molecule has 0 atom stereocenters. The second kappa shape index (κ2) is 6.25. The molecule has 1 aliphatic rings. The molecule has 1 aromatic heterocycles. The van der Waals surface area contributed by atoms with Gasteiger partial charge in [0, 0.05) is 29.1 Å². The third kappa shape index (κ3) is 2.63. The molecule has 2 aromatic carbocycles. The van der Waals surface area contributed by atoms with Crippen molar-refractivity contribution in [2.24, 2.45) is 0 Å². The summed E-state index contributed by atoms with van der Waals surface area (Å²) in [7, 11) is 0. The number of aromatic nitrogens is 1. The molecule has 0 fully saturated rings. The van der Waals surface area contributed by atoms with Crippen LogP contribution in [0.4, 0.5) is 0 Å². The largest absolute Gasteiger partial charge is 0.289 e. The number of hydrogen-bond donors (Lipinski definition) is 2. The van der Waals surface area contributed by atoms with Crippen LogP contribution >= 0.6 is 0 Å². The Bertz CT molecular complexity index is 1050. The van der Waals surface area contributed by atoms with E-state index in [9.17, 15) is 14.4 Å². The van der Waals surface area contributed by atoms with Gasteiger partial charge in [0.2, 0.25) is 0 Å². The molecule has 26 heavy (non-hydrogen) atoms. The van der Waals surface area contributed by atoms with Crippen molar-refractivity contribution in [1.29, 1.82) is 0 Å². The fourth-order valence-electron chi connectivity index (χ4n) is 2.92. The fourth-order valence-corrected chi connectivity index (χ4v) is 2.92. The Labute approximate surface area is 148 Å². The van der Waals surface area contributed by atoms with E-state index in [1.807, 2.05) is 18.2 Å². The second-order valence-corrected chi connectivity index (χ2v) is 5.79. The number of benzene rings is 2. The molecular formula is C20H13N3O3. The van der Waals surface area contributed by atoms with Gasteiger partial charge >= 0.3 is 0 Å². The molecule has 0 spiro atoms. The maximum atomic E-state index is 12.5. The van der Waals surface area contributed by atoms with Gasteiger partial charge < -0.3 is 0 Å². The fraction of sp³-hybridized carbons (Fsp3) is 0. The molecule has 0 saturated heterocycles. The number of rotatable bonds is 2. The first kappa shape index (κ1) is 15.7. The molecule has 0 aliphatic heterocycles. The number of hydrazine groups is 1. The SMILES string of the molecule is O=C(NNC(=O)c1ccc2c(c1)C(=O)c1ccccc1-2)c1cccnc1. The maximum Gasteiger partial charge on any atom is 0.271 e. The van der Waals surface area contributed by atoms with Crippen LogP contribution in [0.15, 0.2) is 67.0 Å². The number of amides is 2. The van der Waals surface area contributed by atoms with Crippen LogP contribution < -0.4 is 10.9 Å². The molecule has 126 valence electrons. The molecule has 1 heterocycles. The van der Waals surface area contributed by atoms with E-state index in [-0.39, 0.29) is 11.3 Å². The topological polar surface area (TPSA) is 88.2 Å². The predicted octanol–water partition coefficient (Wildman–Crippen LogP) is 2.37. The molecule has 2 N–H and O–H groups in total. The van der Waals surface area contributed by atoms with Crippen molar-refractivity contribution in [3.63, 3.8) is 0 Å². The van der Waals surface area contributed by atoms with Crippen LogP contribution in [0, 0.1) is 0 Å². The van der Waals surface area contributed by atoms with Gasteiger partial charge in [-0.2, -0.15) is 0 Å². The van der Waals surface area contributed by atoms with Crippen molar-refractivity contribution in [2.75, 3.05) is 0 Å². The van der Waals surface area contributed by atoms with Crippen molar-refractivity contribution in [3.05, 3.63) is 89.2 Å². The molecule has 1 aliphatic carbocycles. The summed E-state index contributed by atoms with van der Waals surface area (Å²) < 4.78 is 0. The van der Waals surface area contributed by atoms with E-state index in [1.165, 1.54) is 6.20 Å².